The number of methoxy groups -OCH3 is 1. The highest BCUT2D eigenvalue weighted by Crippen LogP contribution is 2.30. The quantitative estimate of drug-likeness (QED) is 0.428. The second-order valence-corrected chi connectivity index (χ2v) is 10.9. The molecule has 32 heavy (non-hydrogen) atoms. The second-order valence-electron chi connectivity index (χ2n) is 8.92. The molecule has 7 heteroatoms. The predicted molar refractivity (Wildman–Crippen MR) is 126 cm³/mol. The van der Waals surface area contributed by atoms with Crippen LogP contribution in [0, 0.1) is 6.92 Å². The van der Waals surface area contributed by atoms with E-state index < -0.39 is 9.84 Å². The minimum atomic E-state index is -3.57. The molecule has 6 nitrogen and oxygen atoms in total. The van der Waals surface area contributed by atoms with E-state index in [1.807, 2.05) is 43.3 Å². The van der Waals surface area contributed by atoms with Crippen molar-refractivity contribution in [1.29, 1.82) is 0 Å². The number of rotatable bonds is 5. The third-order valence-electron chi connectivity index (χ3n) is 5.48. The summed E-state index contributed by atoms with van der Waals surface area (Å²) in [5.74, 6) is 1.05. The molecule has 0 saturated heterocycles. The van der Waals surface area contributed by atoms with Gasteiger partial charge in [-0.25, -0.2) is 18.1 Å². The first-order chi connectivity index (χ1) is 15.1. The van der Waals surface area contributed by atoms with Gasteiger partial charge in [0.1, 0.15) is 5.75 Å². The van der Waals surface area contributed by atoms with Gasteiger partial charge < -0.3 is 4.74 Å². The first-order valence-electron chi connectivity index (χ1n) is 10.4. The van der Waals surface area contributed by atoms with Crippen LogP contribution in [0.15, 0.2) is 65.7 Å². The van der Waals surface area contributed by atoms with Gasteiger partial charge in [0.2, 0.25) is 0 Å². The van der Waals surface area contributed by atoms with Crippen LogP contribution in [0.3, 0.4) is 0 Å². The number of sulfone groups is 1. The summed E-state index contributed by atoms with van der Waals surface area (Å²) in [6, 6.07) is 16.6. The van der Waals surface area contributed by atoms with Gasteiger partial charge in [0.25, 0.3) is 0 Å². The molecule has 0 aliphatic heterocycles. The van der Waals surface area contributed by atoms with Crippen molar-refractivity contribution in [2.45, 2.75) is 43.8 Å². The number of hydrogen-bond acceptors (Lipinski definition) is 5. The molecule has 0 saturated carbocycles. The molecule has 0 bridgehead atoms. The molecule has 0 fully saturated rings. The molecular weight excluding hydrogens is 422 g/mol. The number of aryl methyl sites for hydroxylation is 1. The maximum absolute atomic E-state index is 13.2. The number of hydrogen-bond donors (Lipinski definition) is 0. The van der Waals surface area contributed by atoms with Crippen LogP contribution >= 0.6 is 0 Å². The van der Waals surface area contributed by atoms with Gasteiger partial charge in [-0.1, -0.05) is 57.2 Å². The smallest absolute Gasteiger partial charge is 0.184 e. The molecule has 2 heterocycles. The van der Waals surface area contributed by atoms with Gasteiger partial charge in [-0.05, 0) is 36.1 Å². The summed E-state index contributed by atoms with van der Waals surface area (Å²) in [6.45, 7) is 8.15. The van der Waals surface area contributed by atoms with Crippen LogP contribution in [0.5, 0.6) is 5.75 Å². The molecule has 0 aliphatic carbocycles. The topological polar surface area (TPSA) is 74.1 Å². The first kappa shape index (κ1) is 22.0. The molecule has 0 atom stereocenters. The lowest BCUT2D eigenvalue weighted by Gasteiger charge is -2.19. The molecule has 4 rings (SSSR count). The Balaban J connectivity index is 1.76. The molecular formula is C25H27N3O3S. The molecule has 0 N–H and O–H groups in total. The summed E-state index contributed by atoms with van der Waals surface area (Å²) in [5.41, 5.74) is 2.33. The van der Waals surface area contributed by atoms with E-state index in [4.69, 9.17) is 4.74 Å². The van der Waals surface area contributed by atoms with Crippen LogP contribution in [0.4, 0.5) is 0 Å². The molecule has 166 valence electrons. The average Bonchev–Trinajstić information content (AvgIpc) is 3.11. The van der Waals surface area contributed by atoms with E-state index in [9.17, 15) is 8.42 Å². The van der Waals surface area contributed by atoms with Crippen LogP contribution in [0.1, 0.15) is 37.7 Å². The largest absolute Gasteiger partial charge is 0.494 e. The molecule has 0 spiro atoms. The fraction of sp³-hybridized carbons (Fsp3) is 0.280. The normalized spacial score (nSPS) is 12.3. The van der Waals surface area contributed by atoms with Crippen LogP contribution < -0.4 is 4.74 Å². The minimum absolute atomic E-state index is 0.0425. The van der Waals surface area contributed by atoms with Crippen LogP contribution in [0.2, 0.25) is 0 Å². The van der Waals surface area contributed by atoms with Crippen molar-refractivity contribution in [3.63, 3.8) is 0 Å². The van der Waals surface area contributed by atoms with E-state index in [1.165, 1.54) is 0 Å². The summed E-state index contributed by atoms with van der Waals surface area (Å²) >= 11 is 0. The number of benzene rings is 2. The number of aromatic nitrogens is 3. The van der Waals surface area contributed by atoms with E-state index in [1.54, 1.807) is 36.2 Å². The summed E-state index contributed by atoms with van der Waals surface area (Å²) in [6.07, 6.45) is 1.64. The van der Waals surface area contributed by atoms with E-state index >= 15 is 0 Å². The van der Waals surface area contributed by atoms with E-state index in [2.05, 4.69) is 30.9 Å². The van der Waals surface area contributed by atoms with E-state index in [0.717, 1.165) is 22.0 Å². The number of ether oxygens (including phenoxy) is 1. The zero-order valence-corrected chi connectivity index (χ0v) is 19.8. The van der Waals surface area contributed by atoms with Gasteiger partial charge in [0.15, 0.2) is 15.7 Å². The summed E-state index contributed by atoms with van der Waals surface area (Å²) in [5, 5.41) is 6.28. The molecule has 0 amide bonds. The molecule has 2 aromatic heterocycles. The fourth-order valence-corrected chi connectivity index (χ4v) is 5.08. The van der Waals surface area contributed by atoms with Crippen molar-refractivity contribution in [3.8, 4) is 11.6 Å². The zero-order valence-electron chi connectivity index (χ0n) is 19.0. The van der Waals surface area contributed by atoms with Gasteiger partial charge >= 0.3 is 0 Å². The summed E-state index contributed by atoms with van der Waals surface area (Å²) < 4.78 is 33.5. The second kappa shape index (κ2) is 8.06. The van der Waals surface area contributed by atoms with Gasteiger partial charge in [-0.2, -0.15) is 5.10 Å². The predicted octanol–water partition coefficient (Wildman–Crippen LogP) is 5.01. The lowest BCUT2D eigenvalue weighted by Crippen LogP contribution is -2.13. The highest BCUT2D eigenvalue weighted by atomic mass is 32.2. The molecule has 0 aliphatic rings. The standard InChI is InChI=1S/C25H27N3O3S/c1-17-14-19(16-32(29,30)20-12-10-18(11-13-20)25(2,3)4)28(27-17)24-22-9-7-6-8-21(22)23(31-5)15-26-24/h6-15H,16H2,1-5H3. The Bertz CT molecular complexity index is 1380. The summed E-state index contributed by atoms with van der Waals surface area (Å²) in [4.78, 5) is 4.84. The van der Waals surface area contributed by atoms with Gasteiger partial charge in [-0.3, -0.25) is 0 Å². The average molecular weight is 450 g/mol. The Hall–Kier alpha value is -3.19. The van der Waals surface area contributed by atoms with Crippen molar-refractivity contribution >= 4 is 20.6 Å². The highest BCUT2D eigenvalue weighted by molar-refractivity contribution is 7.90. The third kappa shape index (κ3) is 4.12. The number of pyridine rings is 1. The number of nitrogens with zero attached hydrogens (tertiary/aromatic N) is 3. The van der Waals surface area contributed by atoms with Crippen molar-refractivity contribution in [2.75, 3.05) is 7.11 Å². The minimum Gasteiger partial charge on any atom is -0.494 e. The van der Waals surface area contributed by atoms with Crippen molar-refractivity contribution in [2.24, 2.45) is 0 Å². The Morgan fingerprint density at radius 1 is 1.00 bits per heavy atom. The Kier molecular flexibility index (Phi) is 5.54. The van der Waals surface area contributed by atoms with Crippen molar-refractivity contribution < 1.29 is 13.2 Å². The van der Waals surface area contributed by atoms with Crippen molar-refractivity contribution in [1.82, 2.24) is 14.8 Å². The Labute approximate surface area is 188 Å². The lowest BCUT2D eigenvalue weighted by atomic mass is 9.87. The Morgan fingerprint density at radius 3 is 2.28 bits per heavy atom. The monoisotopic (exact) mass is 449 g/mol. The fourth-order valence-electron chi connectivity index (χ4n) is 3.76. The number of fused-ring (bicyclic) bond motifs is 1. The SMILES string of the molecule is COc1cnc(-n2nc(C)cc2CS(=O)(=O)c2ccc(C(C)(C)C)cc2)c2ccccc12. The molecule has 0 unspecified atom stereocenters. The van der Waals surface area contributed by atoms with E-state index in [-0.39, 0.29) is 11.2 Å². The highest BCUT2D eigenvalue weighted by Gasteiger charge is 2.22. The van der Waals surface area contributed by atoms with Crippen molar-refractivity contribution in [3.05, 3.63) is 77.7 Å². The van der Waals surface area contributed by atoms with E-state index in [0.29, 0.717) is 22.2 Å². The van der Waals surface area contributed by atoms with Crippen LogP contribution in [0.25, 0.3) is 16.6 Å². The van der Waals surface area contributed by atoms with Gasteiger partial charge in [0.05, 0.1) is 35.3 Å². The maximum Gasteiger partial charge on any atom is 0.184 e. The van der Waals surface area contributed by atoms with Crippen LogP contribution in [-0.4, -0.2) is 30.3 Å². The third-order valence-corrected chi connectivity index (χ3v) is 7.15. The molecule has 0 radical (unpaired) electrons. The maximum atomic E-state index is 13.2. The zero-order chi connectivity index (χ0) is 23.1. The van der Waals surface area contributed by atoms with Gasteiger partial charge in [0, 0.05) is 10.8 Å². The first-order valence-corrected chi connectivity index (χ1v) is 12.1. The molecule has 4 aromatic rings. The van der Waals surface area contributed by atoms with Gasteiger partial charge in [-0.15, -0.1) is 0 Å². The lowest BCUT2D eigenvalue weighted by molar-refractivity contribution is 0.418. The summed E-state index contributed by atoms with van der Waals surface area (Å²) in [7, 11) is -1.97. The molecule has 2 aromatic carbocycles. The van der Waals surface area contributed by atoms with Crippen LogP contribution in [-0.2, 0) is 21.0 Å². The Morgan fingerprint density at radius 2 is 1.66 bits per heavy atom.